The lowest BCUT2D eigenvalue weighted by atomic mass is 9.92. The molecule has 1 aromatic rings. The number of rotatable bonds is 6. The van der Waals surface area contributed by atoms with Crippen molar-refractivity contribution in [2.24, 2.45) is 5.92 Å². The number of hydrogen-bond acceptors (Lipinski definition) is 6. The molecule has 23 heavy (non-hydrogen) atoms. The SMILES string of the molecule is COc1ccc(CCC(=O)C2C(=O)C=C(C)OC2=O)cc1OC. The summed E-state index contributed by atoms with van der Waals surface area (Å²) in [4.78, 5) is 35.7. The highest BCUT2D eigenvalue weighted by molar-refractivity contribution is 6.22. The van der Waals surface area contributed by atoms with Crippen molar-refractivity contribution in [3.8, 4) is 11.5 Å². The number of allylic oxidation sites excluding steroid dienone is 2. The standard InChI is InChI=1S/C17H18O6/c1-10-8-13(19)16(17(20)23-10)12(18)6-4-11-5-7-14(21-2)15(9-11)22-3/h5,7-9,16H,4,6H2,1-3H3. The molecule has 122 valence electrons. The largest absolute Gasteiger partial charge is 0.493 e. The highest BCUT2D eigenvalue weighted by Gasteiger charge is 2.36. The molecule has 1 unspecified atom stereocenters. The van der Waals surface area contributed by atoms with Gasteiger partial charge in [-0.15, -0.1) is 0 Å². The van der Waals surface area contributed by atoms with Gasteiger partial charge in [-0.25, -0.2) is 0 Å². The maximum atomic E-state index is 12.2. The minimum atomic E-state index is -1.35. The van der Waals surface area contributed by atoms with Crippen molar-refractivity contribution in [3.05, 3.63) is 35.6 Å². The van der Waals surface area contributed by atoms with Crippen molar-refractivity contribution in [1.82, 2.24) is 0 Å². The van der Waals surface area contributed by atoms with Gasteiger partial charge in [-0.2, -0.15) is 0 Å². The van der Waals surface area contributed by atoms with E-state index in [1.807, 2.05) is 0 Å². The van der Waals surface area contributed by atoms with Crippen molar-refractivity contribution < 1.29 is 28.6 Å². The number of carbonyl (C=O) groups excluding carboxylic acids is 3. The minimum Gasteiger partial charge on any atom is -0.493 e. The van der Waals surface area contributed by atoms with Crippen LogP contribution >= 0.6 is 0 Å². The van der Waals surface area contributed by atoms with Crippen LogP contribution in [0.15, 0.2) is 30.0 Å². The Labute approximate surface area is 134 Å². The third kappa shape index (κ3) is 3.77. The number of benzene rings is 1. The summed E-state index contributed by atoms with van der Waals surface area (Å²) in [5.74, 6) is -1.75. The third-order valence-corrected chi connectivity index (χ3v) is 3.56. The molecule has 2 rings (SSSR count). The highest BCUT2D eigenvalue weighted by Crippen LogP contribution is 2.28. The van der Waals surface area contributed by atoms with Crippen molar-refractivity contribution in [3.63, 3.8) is 0 Å². The molecule has 6 heteroatoms. The van der Waals surface area contributed by atoms with E-state index in [-0.39, 0.29) is 12.2 Å². The van der Waals surface area contributed by atoms with E-state index in [9.17, 15) is 14.4 Å². The lowest BCUT2D eigenvalue weighted by Crippen LogP contribution is -2.35. The van der Waals surface area contributed by atoms with Gasteiger partial charge in [0.05, 0.1) is 14.2 Å². The number of carbonyl (C=O) groups is 3. The second kappa shape index (κ2) is 7.09. The molecule has 0 amide bonds. The van der Waals surface area contributed by atoms with Gasteiger partial charge in [-0.05, 0) is 31.0 Å². The number of aryl methyl sites for hydroxylation is 1. The molecule has 6 nitrogen and oxygen atoms in total. The molecule has 0 N–H and O–H groups in total. The summed E-state index contributed by atoms with van der Waals surface area (Å²) in [7, 11) is 3.06. The van der Waals surface area contributed by atoms with E-state index in [1.165, 1.54) is 27.2 Å². The monoisotopic (exact) mass is 318 g/mol. The van der Waals surface area contributed by atoms with Crippen LogP contribution in [-0.2, 0) is 25.5 Å². The highest BCUT2D eigenvalue weighted by atomic mass is 16.5. The molecule has 0 radical (unpaired) electrons. The van der Waals surface area contributed by atoms with Gasteiger partial charge in [0.15, 0.2) is 29.0 Å². The summed E-state index contributed by atoms with van der Waals surface area (Å²) >= 11 is 0. The van der Waals surface area contributed by atoms with Crippen LogP contribution in [0.4, 0.5) is 0 Å². The number of esters is 1. The predicted octanol–water partition coefficient (Wildman–Crippen LogP) is 1.85. The fourth-order valence-corrected chi connectivity index (χ4v) is 2.39. The second-order valence-electron chi connectivity index (χ2n) is 5.17. The lowest BCUT2D eigenvalue weighted by molar-refractivity contribution is -0.152. The second-order valence-corrected chi connectivity index (χ2v) is 5.17. The van der Waals surface area contributed by atoms with Gasteiger partial charge in [0.25, 0.3) is 0 Å². The van der Waals surface area contributed by atoms with Gasteiger partial charge in [0.2, 0.25) is 0 Å². The maximum absolute atomic E-state index is 12.2. The van der Waals surface area contributed by atoms with E-state index in [0.29, 0.717) is 17.9 Å². The molecular formula is C17H18O6. The molecule has 0 saturated carbocycles. The van der Waals surface area contributed by atoms with E-state index in [4.69, 9.17) is 14.2 Å². The van der Waals surface area contributed by atoms with Crippen LogP contribution in [0.3, 0.4) is 0 Å². The Bertz CT molecular complexity index is 674. The Hall–Kier alpha value is -2.63. The molecule has 0 fully saturated rings. The first-order valence-electron chi connectivity index (χ1n) is 7.13. The molecular weight excluding hydrogens is 300 g/mol. The quantitative estimate of drug-likeness (QED) is 0.588. The smallest absolute Gasteiger partial charge is 0.329 e. The van der Waals surface area contributed by atoms with Crippen LogP contribution in [0.5, 0.6) is 11.5 Å². The molecule has 1 heterocycles. The maximum Gasteiger partial charge on any atom is 0.329 e. The zero-order chi connectivity index (χ0) is 17.0. The van der Waals surface area contributed by atoms with Gasteiger partial charge in [0, 0.05) is 12.5 Å². The van der Waals surface area contributed by atoms with Crippen molar-refractivity contribution in [1.29, 1.82) is 0 Å². The molecule has 0 aliphatic carbocycles. The fraction of sp³-hybridized carbons (Fsp3) is 0.353. The van der Waals surface area contributed by atoms with Gasteiger partial charge >= 0.3 is 5.97 Å². The number of hydrogen-bond donors (Lipinski definition) is 0. The molecule has 1 aliphatic rings. The van der Waals surface area contributed by atoms with Gasteiger partial charge in [0.1, 0.15) is 5.76 Å². The third-order valence-electron chi connectivity index (χ3n) is 3.56. The Morgan fingerprint density at radius 3 is 2.48 bits per heavy atom. The lowest BCUT2D eigenvalue weighted by Gasteiger charge is -2.17. The van der Waals surface area contributed by atoms with E-state index in [0.717, 1.165) is 5.56 Å². The number of ether oxygens (including phenoxy) is 3. The van der Waals surface area contributed by atoms with Crippen LogP contribution in [0.25, 0.3) is 0 Å². The first kappa shape index (κ1) is 16.7. The van der Waals surface area contributed by atoms with Crippen LogP contribution in [-0.4, -0.2) is 31.8 Å². The van der Waals surface area contributed by atoms with Crippen LogP contribution in [0, 0.1) is 5.92 Å². The summed E-state index contributed by atoms with van der Waals surface area (Å²) in [6.07, 6.45) is 1.63. The zero-order valence-corrected chi connectivity index (χ0v) is 13.3. The van der Waals surface area contributed by atoms with E-state index < -0.39 is 23.5 Å². The molecule has 0 bridgehead atoms. The Kier molecular flexibility index (Phi) is 5.16. The van der Waals surface area contributed by atoms with E-state index in [1.54, 1.807) is 18.2 Å². The Morgan fingerprint density at radius 2 is 1.87 bits per heavy atom. The molecule has 1 aliphatic heterocycles. The Balaban J connectivity index is 2.05. The summed E-state index contributed by atoms with van der Waals surface area (Å²) < 4.78 is 15.2. The molecule has 0 aromatic heterocycles. The van der Waals surface area contributed by atoms with E-state index >= 15 is 0 Å². The van der Waals surface area contributed by atoms with Crippen LogP contribution in [0.1, 0.15) is 18.9 Å². The number of methoxy groups -OCH3 is 2. The summed E-state index contributed by atoms with van der Waals surface area (Å²) in [5.41, 5.74) is 0.847. The van der Waals surface area contributed by atoms with E-state index in [2.05, 4.69) is 0 Å². The van der Waals surface area contributed by atoms with Crippen molar-refractivity contribution in [2.45, 2.75) is 19.8 Å². The van der Waals surface area contributed by atoms with Crippen LogP contribution < -0.4 is 9.47 Å². The number of cyclic esters (lactones) is 1. The van der Waals surface area contributed by atoms with Gasteiger partial charge in [-0.1, -0.05) is 6.07 Å². The van der Waals surface area contributed by atoms with Crippen LogP contribution in [0.2, 0.25) is 0 Å². The number of Topliss-reactive ketones (excluding diaryl/α,β-unsaturated/α-hetero) is 1. The van der Waals surface area contributed by atoms with Crippen molar-refractivity contribution in [2.75, 3.05) is 14.2 Å². The predicted molar refractivity (Wildman–Crippen MR) is 81.2 cm³/mol. The average Bonchev–Trinajstić information content (AvgIpc) is 2.51. The zero-order valence-electron chi connectivity index (χ0n) is 13.3. The Morgan fingerprint density at radius 1 is 1.17 bits per heavy atom. The first-order valence-corrected chi connectivity index (χ1v) is 7.13. The minimum absolute atomic E-state index is 0.0634. The molecule has 0 spiro atoms. The molecule has 0 saturated heterocycles. The van der Waals surface area contributed by atoms with Gasteiger partial charge < -0.3 is 14.2 Å². The normalized spacial score (nSPS) is 17.3. The average molecular weight is 318 g/mol. The fourth-order valence-electron chi connectivity index (χ4n) is 2.39. The molecule has 1 aromatic carbocycles. The summed E-state index contributed by atoms with van der Waals surface area (Å²) in [6.45, 7) is 1.50. The topological polar surface area (TPSA) is 78.9 Å². The molecule has 1 atom stereocenters. The summed E-state index contributed by atoms with van der Waals surface area (Å²) in [6, 6.07) is 5.31. The number of ketones is 2. The summed E-state index contributed by atoms with van der Waals surface area (Å²) in [5, 5.41) is 0. The first-order chi connectivity index (χ1) is 11.0. The van der Waals surface area contributed by atoms with Crippen molar-refractivity contribution >= 4 is 17.5 Å². The van der Waals surface area contributed by atoms with Gasteiger partial charge in [-0.3, -0.25) is 14.4 Å².